The van der Waals surface area contributed by atoms with Gasteiger partial charge in [0.05, 0.1) is 32.8 Å². The second-order valence-electron chi connectivity index (χ2n) is 10.2. The third kappa shape index (κ3) is 2.58. The van der Waals surface area contributed by atoms with Gasteiger partial charge in [0.1, 0.15) is 17.6 Å². The molecule has 7 atom stereocenters. The molecule has 2 saturated carbocycles. The van der Waals surface area contributed by atoms with Gasteiger partial charge in [-0.15, -0.1) is 0 Å². The minimum atomic E-state index is -0.322. The number of ether oxygens (including phenoxy) is 2. The van der Waals surface area contributed by atoms with E-state index in [9.17, 15) is 4.79 Å². The largest absolute Gasteiger partial charge is 0.455 e. The zero-order valence-corrected chi connectivity index (χ0v) is 16.7. The molecule has 2 aliphatic carbocycles. The number of carbonyl (C=O) groups is 1. The topological polar surface area (TPSA) is 38.8 Å². The van der Waals surface area contributed by atoms with Gasteiger partial charge in [0.2, 0.25) is 0 Å². The maximum atomic E-state index is 13.0. The van der Waals surface area contributed by atoms with Gasteiger partial charge >= 0.3 is 5.97 Å². The lowest BCUT2D eigenvalue weighted by atomic mass is 9.55. The first kappa shape index (κ1) is 17.8. The van der Waals surface area contributed by atoms with E-state index >= 15 is 0 Å². The van der Waals surface area contributed by atoms with Crippen LogP contribution >= 0.6 is 0 Å². The molecule has 4 rings (SSSR count). The molecule has 0 aromatic heterocycles. The molecule has 2 saturated heterocycles. The smallest absolute Gasteiger partial charge is 0.315 e. The lowest BCUT2D eigenvalue weighted by molar-refractivity contribution is -0.893. The monoisotopic (exact) mass is 350 g/mol. The number of fused-ring (bicyclic) bond motifs is 1. The van der Waals surface area contributed by atoms with E-state index in [0.717, 1.165) is 36.8 Å². The molecule has 1 spiro atoms. The van der Waals surface area contributed by atoms with E-state index in [1.807, 2.05) is 0 Å². The number of nitrogens with zero attached hydrogens (tertiary/aromatic N) is 1. The van der Waals surface area contributed by atoms with Crippen LogP contribution < -0.4 is 0 Å². The SMILES string of the molecule is CCCC[N+](C)(C)C[C@H]1C(=O)O[C@@]23[C@H](CC[C@@]4(C)O[C@@H]24)[C@H](C)CC[C@@H]13. The van der Waals surface area contributed by atoms with Crippen LogP contribution in [0.2, 0.25) is 0 Å². The zero-order valence-electron chi connectivity index (χ0n) is 16.7. The highest BCUT2D eigenvalue weighted by Crippen LogP contribution is 2.66. The predicted octanol–water partition coefficient (Wildman–Crippen LogP) is 3.39. The number of epoxide rings is 1. The van der Waals surface area contributed by atoms with Gasteiger partial charge in [-0.05, 0) is 44.9 Å². The Labute approximate surface area is 152 Å². The Balaban J connectivity index is 1.61. The number of carbonyl (C=O) groups excluding carboxylic acids is 1. The number of quaternary nitrogens is 1. The molecule has 4 heteroatoms. The Hall–Kier alpha value is -0.610. The molecule has 0 N–H and O–H groups in total. The van der Waals surface area contributed by atoms with E-state index < -0.39 is 0 Å². The molecule has 4 fully saturated rings. The summed E-state index contributed by atoms with van der Waals surface area (Å²) in [6, 6.07) is 0. The van der Waals surface area contributed by atoms with Crippen molar-refractivity contribution in [1.82, 2.24) is 0 Å². The fraction of sp³-hybridized carbons (Fsp3) is 0.952. The Morgan fingerprint density at radius 3 is 2.68 bits per heavy atom. The summed E-state index contributed by atoms with van der Waals surface area (Å²) < 4.78 is 13.5. The Morgan fingerprint density at radius 1 is 1.20 bits per heavy atom. The second-order valence-corrected chi connectivity index (χ2v) is 10.2. The number of esters is 1. The van der Waals surface area contributed by atoms with Gasteiger partial charge in [-0.2, -0.15) is 0 Å². The molecular formula is C21H36NO3+. The van der Waals surface area contributed by atoms with E-state index in [1.165, 1.54) is 19.3 Å². The van der Waals surface area contributed by atoms with Crippen LogP contribution in [0.25, 0.3) is 0 Å². The molecule has 4 aliphatic rings. The third-order valence-corrected chi connectivity index (χ3v) is 7.90. The normalized spacial score (nSPS) is 48.4. The zero-order chi connectivity index (χ0) is 18.0. The number of rotatable bonds is 5. The van der Waals surface area contributed by atoms with Crippen molar-refractivity contribution in [1.29, 1.82) is 0 Å². The molecule has 2 aliphatic heterocycles. The van der Waals surface area contributed by atoms with Crippen LogP contribution in [-0.2, 0) is 14.3 Å². The quantitative estimate of drug-likeness (QED) is 0.433. The molecule has 0 amide bonds. The van der Waals surface area contributed by atoms with E-state index in [1.54, 1.807) is 0 Å². The van der Waals surface area contributed by atoms with Crippen molar-refractivity contribution in [2.24, 2.45) is 23.7 Å². The van der Waals surface area contributed by atoms with Crippen LogP contribution in [0, 0.1) is 23.7 Å². The molecule has 0 bridgehead atoms. The average Bonchev–Trinajstić information content (AvgIpc) is 3.17. The molecule has 0 radical (unpaired) electrons. The summed E-state index contributed by atoms with van der Waals surface area (Å²) in [6.45, 7) is 8.87. The Morgan fingerprint density at radius 2 is 1.96 bits per heavy atom. The summed E-state index contributed by atoms with van der Waals surface area (Å²) in [5.41, 5.74) is -0.356. The molecule has 25 heavy (non-hydrogen) atoms. The van der Waals surface area contributed by atoms with Crippen LogP contribution in [0.1, 0.15) is 59.3 Å². The van der Waals surface area contributed by atoms with Gasteiger partial charge in [0.15, 0.2) is 0 Å². The number of unbranched alkanes of at least 4 members (excludes halogenated alkanes) is 1. The Bertz CT molecular complexity index is 561. The maximum absolute atomic E-state index is 13.0. The van der Waals surface area contributed by atoms with Gasteiger partial charge in [0.25, 0.3) is 0 Å². The summed E-state index contributed by atoms with van der Waals surface area (Å²) >= 11 is 0. The van der Waals surface area contributed by atoms with Gasteiger partial charge in [-0.25, -0.2) is 0 Å². The highest BCUT2D eigenvalue weighted by molar-refractivity contribution is 5.77. The number of hydrogen-bond donors (Lipinski definition) is 0. The first-order chi connectivity index (χ1) is 11.7. The molecule has 0 aromatic rings. The second kappa shape index (κ2) is 5.69. The van der Waals surface area contributed by atoms with Gasteiger partial charge < -0.3 is 14.0 Å². The van der Waals surface area contributed by atoms with E-state index in [0.29, 0.717) is 17.8 Å². The average molecular weight is 351 g/mol. The molecule has 2 heterocycles. The van der Waals surface area contributed by atoms with Crippen molar-refractivity contribution in [2.45, 2.75) is 76.6 Å². The molecule has 4 nitrogen and oxygen atoms in total. The third-order valence-electron chi connectivity index (χ3n) is 7.90. The van der Waals surface area contributed by atoms with E-state index in [-0.39, 0.29) is 29.2 Å². The summed E-state index contributed by atoms with van der Waals surface area (Å²) in [7, 11) is 4.55. The van der Waals surface area contributed by atoms with Crippen molar-refractivity contribution in [3.8, 4) is 0 Å². The minimum Gasteiger partial charge on any atom is -0.455 e. The van der Waals surface area contributed by atoms with Crippen molar-refractivity contribution in [2.75, 3.05) is 27.2 Å². The fourth-order valence-corrected chi connectivity index (χ4v) is 6.47. The summed E-state index contributed by atoms with van der Waals surface area (Å²) in [6.07, 6.45) is 7.20. The maximum Gasteiger partial charge on any atom is 0.315 e. The van der Waals surface area contributed by atoms with E-state index in [2.05, 4.69) is 34.9 Å². The minimum absolute atomic E-state index is 0.0342. The van der Waals surface area contributed by atoms with Crippen LogP contribution in [0.3, 0.4) is 0 Å². The van der Waals surface area contributed by atoms with Gasteiger partial charge in [-0.3, -0.25) is 4.79 Å². The lowest BCUT2D eigenvalue weighted by Gasteiger charge is -2.50. The summed E-state index contributed by atoms with van der Waals surface area (Å²) in [5, 5.41) is 0. The van der Waals surface area contributed by atoms with Crippen LogP contribution in [0.15, 0.2) is 0 Å². The van der Waals surface area contributed by atoms with Crippen molar-refractivity contribution in [3.05, 3.63) is 0 Å². The molecule has 0 unspecified atom stereocenters. The summed E-state index contributed by atoms with van der Waals surface area (Å²) in [5.74, 6) is 1.60. The van der Waals surface area contributed by atoms with Gasteiger partial charge in [-0.1, -0.05) is 20.3 Å². The fourth-order valence-electron chi connectivity index (χ4n) is 6.47. The first-order valence-electron chi connectivity index (χ1n) is 10.5. The van der Waals surface area contributed by atoms with Crippen molar-refractivity contribution < 1.29 is 18.8 Å². The first-order valence-corrected chi connectivity index (χ1v) is 10.5. The van der Waals surface area contributed by atoms with Crippen LogP contribution in [-0.4, -0.2) is 54.9 Å². The highest BCUT2D eigenvalue weighted by Gasteiger charge is 2.77. The Kier molecular flexibility index (Phi) is 4.05. The lowest BCUT2D eigenvalue weighted by Crippen LogP contribution is -2.59. The number of hydrogen-bond acceptors (Lipinski definition) is 3. The standard InChI is InChI=1S/C21H36NO3/c1-6-7-12-22(4,5)13-15-17-9-8-14(2)16-10-11-20(3)19(25-20)21(16,17)24-18(15)23/h14-17,19H,6-13H2,1-5H3/q+1/t14-,15-,16-,17+,19-,20-,21-/m1/s1. The van der Waals surface area contributed by atoms with Crippen LogP contribution in [0.5, 0.6) is 0 Å². The molecular weight excluding hydrogens is 314 g/mol. The molecule has 0 aromatic carbocycles. The van der Waals surface area contributed by atoms with Gasteiger partial charge in [0, 0.05) is 11.8 Å². The van der Waals surface area contributed by atoms with Crippen LogP contribution in [0.4, 0.5) is 0 Å². The molecule has 142 valence electrons. The predicted molar refractivity (Wildman–Crippen MR) is 97.0 cm³/mol. The van der Waals surface area contributed by atoms with Crippen molar-refractivity contribution in [3.63, 3.8) is 0 Å². The summed E-state index contributed by atoms with van der Waals surface area (Å²) in [4.78, 5) is 13.0. The highest BCUT2D eigenvalue weighted by atomic mass is 16.7. The van der Waals surface area contributed by atoms with Crippen molar-refractivity contribution >= 4 is 5.97 Å². The van der Waals surface area contributed by atoms with E-state index in [4.69, 9.17) is 9.47 Å².